The van der Waals surface area contributed by atoms with Crippen molar-refractivity contribution in [3.8, 4) is 11.3 Å². The third-order valence-electron chi connectivity index (χ3n) is 2.84. The average molecular weight is 322 g/mol. The standard InChI is InChI=1S/C14H15FN4O2S/c15-10-3-1-9(2-4-10)11-7-12(19-18-11)14(21)17-6-5-16-13(20)8-22/h1-4,7,22H,5-6,8H2,(H,16,20)(H,17,21)(H,18,19). The fourth-order valence-corrected chi connectivity index (χ4v) is 1.85. The Balaban J connectivity index is 1.89. The number of hydrogen-bond acceptors (Lipinski definition) is 4. The summed E-state index contributed by atoms with van der Waals surface area (Å²) in [4.78, 5) is 22.9. The van der Waals surface area contributed by atoms with Crippen molar-refractivity contribution < 1.29 is 14.0 Å². The molecule has 1 aromatic carbocycles. The van der Waals surface area contributed by atoms with Gasteiger partial charge in [-0.25, -0.2) is 4.39 Å². The Morgan fingerprint density at radius 1 is 1.18 bits per heavy atom. The summed E-state index contributed by atoms with van der Waals surface area (Å²) in [7, 11) is 0. The summed E-state index contributed by atoms with van der Waals surface area (Å²) in [6.07, 6.45) is 0. The number of nitrogens with one attached hydrogen (secondary N) is 3. The van der Waals surface area contributed by atoms with E-state index in [1.54, 1.807) is 18.2 Å². The summed E-state index contributed by atoms with van der Waals surface area (Å²) in [5, 5.41) is 11.9. The van der Waals surface area contributed by atoms with Gasteiger partial charge >= 0.3 is 0 Å². The molecular weight excluding hydrogens is 307 g/mol. The van der Waals surface area contributed by atoms with E-state index < -0.39 is 0 Å². The maximum atomic E-state index is 12.9. The quantitative estimate of drug-likeness (QED) is 0.472. The second kappa shape index (κ2) is 7.60. The van der Waals surface area contributed by atoms with E-state index in [2.05, 4.69) is 33.5 Å². The minimum atomic E-state index is -0.333. The highest BCUT2D eigenvalue weighted by Crippen LogP contribution is 2.17. The highest BCUT2D eigenvalue weighted by Gasteiger charge is 2.10. The lowest BCUT2D eigenvalue weighted by molar-refractivity contribution is -0.118. The number of aromatic nitrogens is 2. The minimum absolute atomic E-state index is 0.107. The number of amides is 2. The number of hydrogen-bond donors (Lipinski definition) is 4. The number of H-pyrrole nitrogens is 1. The minimum Gasteiger partial charge on any atom is -0.354 e. The largest absolute Gasteiger partial charge is 0.354 e. The molecule has 2 amide bonds. The summed E-state index contributed by atoms with van der Waals surface area (Å²) < 4.78 is 12.9. The summed E-state index contributed by atoms with van der Waals surface area (Å²) in [5.74, 6) is -0.755. The topological polar surface area (TPSA) is 86.9 Å². The van der Waals surface area contributed by atoms with E-state index in [1.165, 1.54) is 12.1 Å². The van der Waals surface area contributed by atoms with Crippen LogP contribution in [0.2, 0.25) is 0 Å². The molecule has 116 valence electrons. The molecule has 0 bridgehead atoms. The third kappa shape index (κ3) is 4.32. The smallest absolute Gasteiger partial charge is 0.269 e. The van der Waals surface area contributed by atoms with Crippen molar-refractivity contribution >= 4 is 24.4 Å². The van der Waals surface area contributed by atoms with Crippen LogP contribution < -0.4 is 10.6 Å². The van der Waals surface area contributed by atoms with Crippen molar-refractivity contribution in [3.05, 3.63) is 41.8 Å². The highest BCUT2D eigenvalue weighted by atomic mass is 32.1. The molecule has 0 saturated heterocycles. The summed E-state index contributed by atoms with van der Waals surface area (Å²) >= 11 is 3.82. The van der Waals surface area contributed by atoms with E-state index >= 15 is 0 Å². The zero-order valence-electron chi connectivity index (χ0n) is 11.6. The van der Waals surface area contributed by atoms with Gasteiger partial charge in [-0.15, -0.1) is 0 Å². The number of aromatic amines is 1. The molecule has 2 aromatic rings. The Hall–Kier alpha value is -2.35. The Kier molecular flexibility index (Phi) is 5.54. The Morgan fingerprint density at radius 2 is 1.86 bits per heavy atom. The molecule has 1 aromatic heterocycles. The van der Waals surface area contributed by atoms with Crippen molar-refractivity contribution in [2.75, 3.05) is 18.8 Å². The summed E-state index contributed by atoms with van der Waals surface area (Å²) in [6, 6.07) is 7.40. The van der Waals surface area contributed by atoms with Gasteiger partial charge in [-0.3, -0.25) is 14.7 Å². The second-order valence-corrected chi connectivity index (χ2v) is 4.75. The van der Waals surface area contributed by atoms with Crippen molar-refractivity contribution in [2.45, 2.75) is 0 Å². The number of benzene rings is 1. The molecule has 0 fully saturated rings. The van der Waals surface area contributed by atoms with Gasteiger partial charge in [-0.1, -0.05) is 0 Å². The maximum absolute atomic E-state index is 12.9. The number of carbonyl (C=O) groups excluding carboxylic acids is 2. The van der Waals surface area contributed by atoms with Gasteiger partial charge in [0.25, 0.3) is 5.91 Å². The Labute approximate surface area is 131 Å². The van der Waals surface area contributed by atoms with Crippen LogP contribution in [0.25, 0.3) is 11.3 Å². The molecular formula is C14H15FN4O2S. The average Bonchev–Trinajstić information content (AvgIpc) is 3.01. The van der Waals surface area contributed by atoms with Crippen LogP contribution in [0.3, 0.4) is 0 Å². The van der Waals surface area contributed by atoms with Crippen LogP contribution in [0.15, 0.2) is 30.3 Å². The molecule has 0 radical (unpaired) electrons. The molecule has 6 nitrogen and oxygen atoms in total. The van der Waals surface area contributed by atoms with Crippen LogP contribution in [-0.2, 0) is 4.79 Å². The SMILES string of the molecule is O=C(CS)NCCNC(=O)c1cc(-c2ccc(F)cc2)n[nH]1. The number of carbonyl (C=O) groups is 2. The van der Waals surface area contributed by atoms with Crippen LogP contribution in [0.5, 0.6) is 0 Å². The first-order valence-corrected chi connectivity index (χ1v) is 7.20. The number of halogens is 1. The molecule has 8 heteroatoms. The predicted octanol–water partition coefficient (Wildman–Crippen LogP) is 0.992. The molecule has 0 spiro atoms. The fourth-order valence-electron chi connectivity index (χ4n) is 1.74. The number of nitrogens with zero attached hydrogens (tertiary/aromatic N) is 1. The van der Waals surface area contributed by atoms with Crippen LogP contribution in [0.4, 0.5) is 4.39 Å². The van der Waals surface area contributed by atoms with E-state index in [9.17, 15) is 14.0 Å². The molecule has 0 saturated carbocycles. The van der Waals surface area contributed by atoms with E-state index in [-0.39, 0.29) is 23.4 Å². The first-order chi connectivity index (χ1) is 10.6. The van der Waals surface area contributed by atoms with Gasteiger partial charge in [0.1, 0.15) is 11.5 Å². The maximum Gasteiger partial charge on any atom is 0.269 e. The molecule has 0 atom stereocenters. The van der Waals surface area contributed by atoms with Gasteiger partial charge in [-0.05, 0) is 30.3 Å². The van der Waals surface area contributed by atoms with Gasteiger partial charge in [0.15, 0.2) is 0 Å². The number of thiol groups is 1. The lowest BCUT2D eigenvalue weighted by Crippen LogP contribution is -2.35. The van der Waals surface area contributed by atoms with E-state index in [0.717, 1.165) is 0 Å². The van der Waals surface area contributed by atoms with Gasteiger partial charge in [-0.2, -0.15) is 17.7 Å². The predicted molar refractivity (Wildman–Crippen MR) is 83.2 cm³/mol. The van der Waals surface area contributed by atoms with Crippen LogP contribution in [0.1, 0.15) is 10.5 Å². The van der Waals surface area contributed by atoms with E-state index in [1.807, 2.05) is 0 Å². The normalized spacial score (nSPS) is 10.3. The van der Waals surface area contributed by atoms with Crippen LogP contribution in [0, 0.1) is 5.82 Å². The molecule has 0 aliphatic rings. The molecule has 3 N–H and O–H groups in total. The molecule has 0 unspecified atom stereocenters. The zero-order valence-corrected chi connectivity index (χ0v) is 12.5. The van der Waals surface area contributed by atoms with Gasteiger partial charge in [0, 0.05) is 18.7 Å². The molecule has 1 heterocycles. The van der Waals surface area contributed by atoms with Crippen molar-refractivity contribution in [2.24, 2.45) is 0 Å². The van der Waals surface area contributed by atoms with Gasteiger partial charge < -0.3 is 10.6 Å². The van der Waals surface area contributed by atoms with Crippen LogP contribution in [-0.4, -0.2) is 40.9 Å². The van der Waals surface area contributed by atoms with Crippen molar-refractivity contribution in [1.29, 1.82) is 0 Å². The Bertz CT molecular complexity index is 657. The first kappa shape index (κ1) is 16.0. The third-order valence-corrected chi connectivity index (χ3v) is 3.13. The van der Waals surface area contributed by atoms with Crippen LogP contribution >= 0.6 is 12.6 Å². The van der Waals surface area contributed by atoms with Gasteiger partial charge in [0.2, 0.25) is 5.91 Å². The van der Waals surface area contributed by atoms with Crippen molar-refractivity contribution in [1.82, 2.24) is 20.8 Å². The van der Waals surface area contributed by atoms with Crippen molar-refractivity contribution in [3.63, 3.8) is 0 Å². The fraction of sp³-hybridized carbons (Fsp3) is 0.214. The summed E-state index contributed by atoms with van der Waals surface area (Å²) in [5.41, 5.74) is 1.55. The molecule has 0 aliphatic heterocycles. The monoisotopic (exact) mass is 322 g/mol. The first-order valence-electron chi connectivity index (χ1n) is 6.57. The molecule has 22 heavy (non-hydrogen) atoms. The lowest BCUT2D eigenvalue weighted by Gasteiger charge is -2.04. The van der Waals surface area contributed by atoms with Gasteiger partial charge in [0.05, 0.1) is 11.4 Å². The van der Waals surface area contributed by atoms with E-state index in [0.29, 0.717) is 30.0 Å². The highest BCUT2D eigenvalue weighted by molar-refractivity contribution is 7.81. The van der Waals surface area contributed by atoms with E-state index in [4.69, 9.17) is 0 Å². The lowest BCUT2D eigenvalue weighted by atomic mass is 10.1. The second-order valence-electron chi connectivity index (χ2n) is 4.44. The zero-order chi connectivity index (χ0) is 15.9. The number of rotatable bonds is 6. The molecule has 2 rings (SSSR count). The molecule has 0 aliphatic carbocycles. The Morgan fingerprint density at radius 3 is 2.55 bits per heavy atom. The summed E-state index contributed by atoms with van der Waals surface area (Å²) in [6.45, 7) is 0.618.